The maximum Gasteiger partial charge on any atom is 0.279 e. The monoisotopic (exact) mass is 401 g/mol. The number of carbonyl (C=O) groups is 1. The summed E-state index contributed by atoms with van der Waals surface area (Å²) in [7, 11) is 0. The molecule has 3 heterocycles. The lowest BCUT2D eigenvalue weighted by Gasteiger charge is -2.24. The molecule has 6 heteroatoms. The fourth-order valence-corrected chi connectivity index (χ4v) is 4.89. The van der Waals surface area contributed by atoms with Gasteiger partial charge in [-0.15, -0.1) is 11.3 Å². The van der Waals surface area contributed by atoms with E-state index >= 15 is 0 Å². The zero-order chi connectivity index (χ0) is 19.8. The Morgan fingerprint density at radius 3 is 2.48 bits per heavy atom. The summed E-state index contributed by atoms with van der Waals surface area (Å²) in [4.78, 5) is 29.8. The molecule has 5 rings (SSSR count). The number of amides is 1. The Hall–Kier alpha value is -3.25. The normalized spacial score (nSPS) is 16.4. The third-order valence-electron chi connectivity index (χ3n) is 5.39. The maximum absolute atomic E-state index is 13.6. The van der Waals surface area contributed by atoms with Gasteiger partial charge in [-0.05, 0) is 42.5 Å². The molecule has 1 amide bonds. The average Bonchev–Trinajstić information content (AvgIpc) is 3.46. The summed E-state index contributed by atoms with van der Waals surface area (Å²) in [5, 5.41) is 7.69. The number of benzene rings is 2. The van der Waals surface area contributed by atoms with E-state index in [0.717, 1.165) is 12.8 Å². The molecule has 1 fully saturated rings. The number of hydrogen-bond donors (Lipinski definition) is 0. The summed E-state index contributed by atoms with van der Waals surface area (Å²) >= 11 is 1.67. The van der Waals surface area contributed by atoms with Crippen molar-refractivity contribution >= 4 is 28.0 Å². The molecule has 1 unspecified atom stereocenters. The number of hydrogen-bond acceptors (Lipinski definition) is 4. The van der Waals surface area contributed by atoms with Crippen LogP contribution in [0.2, 0.25) is 0 Å². The predicted octanol–water partition coefficient (Wildman–Crippen LogP) is 4.42. The van der Waals surface area contributed by atoms with Crippen molar-refractivity contribution in [3.8, 4) is 5.69 Å². The van der Waals surface area contributed by atoms with E-state index in [9.17, 15) is 9.59 Å². The van der Waals surface area contributed by atoms with E-state index in [2.05, 4.69) is 11.2 Å². The lowest BCUT2D eigenvalue weighted by Crippen LogP contribution is -2.33. The number of fused-ring (bicyclic) bond motifs is 1. The molecule has 0 radical (unpaired) electrons. The van der Waals surface area contributed by atoms with Crippen LogP contribution in [-0.4, -0.2) is 27.1 Å². The topological polar surface area (TPSA) is 55.2 Å². The number of thiophene rings is 1. The van der Waals surface area contributed by atoms with Gasteiger partial charge >= 0.3 is 0 Å². The predicted molar refractivity (Wildman–Crippen MR) is 115 cm³/mol. The second-order valence-corrected chi connectivity index (χ2v) is 8.10. The molecule has 1 aliphatic heterocycles. The number of aromatic nitrogens is 2. The summed E-state index contributed by atoms with van der Waals surface area (Å²) in [6, 6.07) is 20.6. The van der Waals surface area contributed by atoms with Gasteiger partial charge in [0, 0.05) is 16.8 Å². The number of nitrogens with zero attached hydrogens (tertiary/aromatic N) is 3. The molecule has 0 bridgehead atoms. The number of likely N-dealkylation sites (tertiary alicyclic amines) is 1. The lowest BCUT2D eigenvalue weighted by molar-refractivity contribution is 0.0732. The minimum Gasteiger partial charge on any atom is -0.329 e. The van der Waals surface area contributed by atoms with Gasteiger partial charge in [0.15, 0.2) is 5.69 Å². The Labute approximate surface area is 171 Å². The Kier molecular flexibility index (Phi) is 4.48. The summed E-state index contributed by atoms with van der Waals surface area (Å²) in [5.41, 5.74) is 0.751. The van der Waals surface area contributed by atoms with Gasteiger partial charge in [0.2, 0.25) is 0 Å². The van der Waals surface area contributed by atoms with Crippen molar-refractivity contribution in [2.24, 2.45) is 0 Å². The maximum atomic E-state index is 13.6. The first kappa shape index (κ1) is 17.8. The molecule has 1 atom stereocenters. The molecule has 2 aromatic carbocycles. The minimum atomic E-state index is -0.223. The van der Waals surface area contributed by atoms with Crippen LogP contribution in [0.3, 0.4) is 0 Å². The summed E-state index contributed by atoms with van der Waals surface area (Å²) in [6.45, 7) is 0.696. The van der Waals surface area contributed by atoms with Gasteiger partial charge in [-0.25, -0.2) is 0 Å². The summed E-state index contributed by atoms with van der Waals surface area (Å²) in [6.07, 6.45) is 1.91. The Bertz CT molecular complexity index is 1230. The van der Waals surface area contributed by atoms with Crippen molar-refractivity contribution in [2.75, 3.05) is 6.54 Å². The molecular formula is C23H19N3O2S. The van der Waals surface area contributed by atoms with E-state index in [-0.39, 0.29) is 17.5 Å². The van der Waals surface area contributed by atoms with E-state index < -0.39 is 0 Å². The van der Waals surface area contributed by atoms with Crippen LogP contribution in [0.4, 0.5) is 0 Å². The lowest BCUT2D eigenvalue weighted by atomic mass is 10.1. The van der Waals surface area contributed by atoms with Crippen molar-refractivity contribution < 1.29 is 4.79 Å². The molecule has 4 aromatic rings. The average molecular weight is 401 g/mol. The van der Waals surface area contributed by atoms with Crippen molar-refractivity contribution in [1.29, 1.82) is 0 Å². The van der Waals surface area contributed by atoms with Crippen LogP contribution < -0.4 is 5.56 Å². The van der Waals surface area contributed by atoms with Crippen LogP contribution in [0.25, 0.3) is 16.5 Å². The van der Waals surface area contributed by atoms with Gasteiger partial charge in [-0.3, -0.25) is 9.59 Å². The van der Waals surface area contributed by atoms with Crippen LogP contribution in [0.5, 0.6) is 0 Å². The highest BCUT2D eigenvalue weighted by Crippen LogP contribution is 2.35. The van der Waals surface area contributed by atoms with Gasteiger partial charge in [-0.1, -0.05) is 42.5 Å². The third-order valence-corrected chi connectivity index (χ3v) is 6.37. The van der Waals surface area contributed by atoms with Crippen LogP contribution in [0, 0.1) is 0 Å². The molecule has 144 valence electrons. The fraction of sp³-hybridized carbons (Fsp3) is 0.174. The smallest absolute Gasteiger partial charge is 0.279 e. The summed E-state index contributed by atoms with van der Waals surface area (Å²) < 4.78 is 1.34. The largest absolute Gasteiger partial charge is 0.329 e. The zero-order valence-corrected chi connectivity index (χ0v) is 16.5. The Morgan fingerprint density at radius 1 is 0.966 bits per heavy atom. The molecular weight excluding hydrogens is 382 g/mol. The van der Waals surface area contributed by atoms with Crippen molar-refractivity contribution in [1.82, 2.24) is 14.7 Å². The molecule has 2 aromatic heterocycles. The number of carbonyl (C=O) groups excluding carboxylic acids is 1. The first-order chi connectivity index (χ1) is 14.2. The molecule has 0 aliphatic carbocycles. The number of rotatable bonds is 3. The minimum absolute atomic E-state index is 0.0696. The fourth-order valence-electron chi connectivity index (χ4n) is 4.01. The van der Waals surface area contributed by atoms with E-state index in [1.165, 1.54) is 9.56 Å². The third kappa shape index (κ3) is 3.06. The quantitative estimate of drug-likeness (QED) is 0.510. The molecule has 0 N–H and O–H groups in total. The molecule has 0 spiro atoms. The van der Waals surface area contributed by atoms with Gasteiger partial charge in [0.05, 0.1) is 17.1 Å². The molecule has 0 saturated carbocycles. The Balaban J connectivity index is 1.67. The second-order valence-electron chi connectivity index (χ2n) is 7.12. The van der Waals surface area contributed by atoms with Gasteiger partial charge in [0.1, 0.15) is 0 Å². The van der Waals surface area contributed by atoms with Crippen LogP contribution in [0.15, 0.2) is 76.9 Å². The van der Waals surface area contributed by atoms with Crippen molar-refractivity contribution in [3.05, 3.63) is 93.0 Å². The van der Waals surface area contributed by atoms with Crippen LogP contribution in [0.1, 0.15) is 34.2 Å². The van der Waals surface area contributed by atoms with Crippen LogP contribution in [-0.2, 0) is 0 Å². The number of para-hydroxylation sites is 1. The molecule has 1 saturated heterocycles. The highest BCUT2D eigenvalue weighted by molar-refractivity contribution is 7.10. The molecule has 5 nitrogen and oxygen atoms in total. The first-order valence-corrected chi connectivity index (χ1v) is 10.5. The first-order valence-electron chi connectivity index (χ1n) is 9.66. The summed E-state index contributed by atoms with van der Waals surface area (Å²) in [5.74, 6) is -0.123. The van der Waals surface area contributed by atoms with E-state index in [0.29, 0.717) is 28.7 Å². The van der Waals surface area contributed by atoms with Gasteiger partial charge < -0.3 is 4.90 Å². The van der Waals surface area contributed by atoms with Gasteiger partial charge in [-0.2, -0.15) is 9.78 Å². The van der Waals surface area contributed by atoms with E-state index in [1.54, 1.807) is 17.4 Å². The SMILES string of the molecule is O=C(c1nn(-c2ccccc2)c(=O)c2ccccc12)N1CCCC1c1cccs1. The molecule has 29 heavy (non-hydrogen) atoms. The molecule has 1 aliphatic rings. The highest BCUT2D eigenvalue weighted by atomic mass is 32.1. The van der Waals surface area contributed by atoms with E-state index in [4.69, 9.17) is 0 Å². The standard InChI is InChI=1S/C23H19N3O2S/c27-22-18-11-5-4-10-17(18)21(24-26(22)16-8-2-1-3-9-16)23(28)25-14-6-12-19(25)20-13-7-15-29-20/h1-5,7-11,13,15,19H,6,12,14H2. The van der Waals surface area contributed by atoms with Crippen molar-refractivity contribution in [3.63, 3.8) is 0 Å². The Morgan fingerprint density at radius 2 is 1.72 bits per heavy atom. The van der Waals surface area contributed by atoms with E-state index in [1.807, 2.05) is 64.9 Å². The zero-order valence-electron chi connectivity index (χ0n) is 15.7. The van der Waals surface area contributed by atoms with Gasteiger partial charge in [0.25, 0.3) is 11.5 Å². The second kappa shape index (κ2) is 7.29. The highest BCUT2D eigenvalue weighted by Gasteiger charge is 2.33. The van der Waals surface area contributed by atoms with Crippen molar-refractivity contribution in [2.45, 2.75) is 18.9 Å². The van der Waals surface area contributed by atoms with Crippen LogP contribution >= 0.6 is 11.3 Å².